The molecule has 3 rings (SSSR count). The lowest BCUT2D eigenvalue weighted by molar-refractivity contribution is 0.362. The van der Waals surface area contributed by atoms with Gasteiger partial charge >= 0.3 is 0 Å². The van der Waals surface area contributed by atoms with E-state index < -0.39 is 0 Å². The molecule has 0 aromatic heterocycles. The van der Waals surface area contributed by atoms with Crippen LogP contribution in [0.4, 0.5) is 4.39 Å². The minimum absolute atomic E-state index is 0.0280. The lowest BCUT2D eigenvalue weighted by Gasteiger charge is -2.39. The molecule has 0 bridgehead atoms. The number of halogens is 1. The highest BCUT2D eigenvalue weighted by Crippen LogP contribution is 2.39. The summed E-state index contributed by atoms with van der Waals surface area (Å²) < 4.78 is 13.2. The molecule has 1 nitrogen and oxygen atoms in total. The molecular formula is C17H18FN. The molecule has 2 heteroatoms. The molecule has 19 heavy (non-hydrogen) atoms. The van der Waals surface area contributed by atoms with Crippen LogP contribution in [0.3, 0.4) is 0 Å². The van der Waals surface area contributed by atoms with E-state index in [9.17, 15) is 4.39 Å². The van der Waals surface area contributed by atoms with E-state index in [4.69, 9.17) is 0 Å². The Labute approximate surface area is 113 Å². The molecule has 2 aromatic rings. The molecule has 0 unspecified atom stereocenters. The van der Waals surface area contributed by atoms with Gasteiger partial charge in [-0.1, -0.05) is 42.5 Å². The van der Waals surface area contributed by atoms with E-state index in [1.54, 1.807) is 12.1 Å². The summed E-state index contributed by atoms with van der Waals surface area (Å²) in [4.78, 5) is 0. The molecule has 0 saturated carbocycles. The first-order valence-corrected chi connectivity index (χ1v) is 6.84. The zero-order valence-corrected chi connectivity index (χ0v) is 10.9. The summed E-state index contributed by atoms with van der Waals surface area (Å²) in [5.41, 5.74) is 2.59. The van der Waals surface area contributed by atoms with Crippen molar-refractivity contribution < 1.29 is 4.39 Å². The van der Waals surface area contributed by atoms with Crippen LogP contribution in [0.15, 0.2) is 54.6 Å². The Morgan fingerprint density at radius 2 is 1.37 bits per heavy atom. The molecule has 1 aliphatic heterocycles. The number of hydrogen-bond donors (Lipinski definition) is 1. The maximum atomic E-state index is 13.2. The largest absolute Gasteiger partial charge is 0.317 e. The standard InChI is InChI=1S/C17H18FN/c18-16-8-6-15(7-9-16)17(10-12-19-13-11-17)14-4-2-1-3-5-14/h1-9,19H,10-13H2. The molecule has 1 saturated heterocycles. The second-order valence-corrected chi connectivity index (χ2v) is 5.21. The SMILES string of the molecule is Fc1ccc(C2(c3ccccc3)CCNCC2)cc1. The van der Waals surface area contributed by atoms with Gasteiger partial charge in [0.05, 0.1) is 0 Å². The van der Waals surface area contributed by atoms with Crippen LogP contribution in [-0.2, 0) is 5.41 Å². The van der Waals surface area contributed by atoms with Crippen molar-refractivity contribution >= 4 is 0 Å². The molecule has 1 N–H and O–H groups in total. The molecule has 98 valence electrons. The predicted molar refractivity (Wildman–Crippen MR) is 75.7 cm³/mol. The highest BCUT2D eigenvalue weighted by atomic mass is 19.1. The van der Waals surface area contributed by atoms with E-state index in [0.29, 0.717) is 0 Å². The minimum atomic E-state index is -0.166. The molecular weight excluding hydrogens is 237 g/mol. The van der Waals surface area contributed by atoms with Crippen LogP contribution in [0.5, 0.6) is 0 Å². The fourth-order valence-electron chi connectivity index (χ4n) is 3.12. The van der Waals surface area contributed by atoms with E-state index in [1.807, 2.05) is 18.2 Å². The first-order valence-electron chi connectivity index (χ1n) is 6.84. The van der Waals surface area contributed by atoms with Gasteiger partial charge in [-0.05, 0) is 49.2 Å². The Kier molecular flexibility index (Phi) is 3.34. The first kappa shape index (κ1) is 12.4. The van der Waals surface area contributed by atoms with Gasteiger partial charge in [0.25, 0.3) is 0 Å². The van der Waals surface area contributed by atoms with E-state index >= 15 is 0 Å². The lowest BCUT2D eigenvalue weighted by Crippen LogP contribution is -2.40. The summed E-state index contributed by atoms with van der Waals surface area (Å²) in [6.07, 6.45) is 2.12. The van der Waals surface area contributed by atoms with Crippen LogP contribution in [0, 0.1) is 5.82 Å². The van der Waals surface area contributed by atoms with Crippen molar-refractivity contribution in [3.05, 3.63) is 71.5 Å². The third-order valence-corrected chi connectivity index (χ3v) is 4.18. The topological polar surface area (TPSA) is 12.0 Å². The van der Waals surface area contributed by atoms with Gasteiger partial charge in [-0.25, -0.2) is 4.39 Å². The van der Waals surface area contributed by atoms with Crippen LogP contribution in [0.25, 0.3) is 0 Å². The molecule has 1 aliphatic rings. The van der Waals surface area contributed by atoms with E-state index in [0.717, 1.165) is 25.9 Å². The molecule has 2 aromatic carbocycles. The average Bonchev–Trinajstić information content (AvgIpc) is 2.49. The predicted octanol–water partition coefficient (Wildman–Crippen LogP) is 3.50. The number of nitrogens with one attached hydrogen (secondary N) is 1. The zero-order valence-electron chi connectivity index (χ0n) is 10.9. The van der Waals surface area contributed by atoms with Crippen LogP contribution in [0.1, 0.15) is 24.0 Å². The van der Waals surface area contributed by atoms with Gasteiger partial charge in [0.2, 0.25) is 0 Å². The molecule has 0 amide bonds. The Hall–Kier alpha value is -1.67. The van der Waals surface area contributed by atoms with Crippen molar-refractivity contribution in [2.45, 2.75) is 18.3 Å². The second kappa shape index (κ2) is 5.14. The van der Waals surface area contributed by atoms with Gasteiger partial charge in [0.1, 0.15) is 5.82 Å². The van der Waals surface area contributed by atoms with E-state index in [2.05, 4.69) is 29.6 Å². The molecule has 1 fully saturated rings. The Morgan fingerprint density at radius 3 is 2.00 bits per heavy atom. The summed E-state index contributed by atoms with van der Waals surface area (Å²) >= 11 is 0. The second-order valence-electron chi connectivity index (χ2n) is 5.21. The van der Waals surface area contributed by atoms with Gasteiger partial charge in [-0.2, -0.15) is 0 Å². The number of hydrogen-bond acceptors (Lipinski definition) is 1. The molecule has 1 heterocycles. The number of benzene rings is 2. The summed E-state index contributed by atoms with van der Waals surface area (Å²) in [6.45, 7) is 2.01. The number of piperidine rings is 1. The van der Waals surface area contributed by atoms with E-state index in [-0.39, 0.29) is 11.2 Å². The van der Waals surface area contributed by atoms with Crippen LogP contribution < -0.4 is 5.32 Å². The third-order valence-electron chi connectivity index (χ3n) is 4.18. The fourth-order valence-corrected chi connectivity index (χ4v) is 3.12. The van der Waals surface area contributed by atoms with Crippen molar-refractivity contribution in [1.29, 1.82) is 0 Å². The number of rotatable bonds is 2. The van der Waals surface area contributed by atoms with Gasteiger partial charge in [-0.15, -0.1) is 0 Å². The van der Waals surface area contributed by atoms with Crippen molar-refractivity contribution in [3.8, 4) is 0 Å². The lowest BCUT2D eigenvalue weighted by atomic mass is 9.68. The summed E-state index contributed by atoms with van der Waals surface area (Å²) in [5, 5.41) is 3.42. The van der Waals surface area contributed by atoms with Crippen LogP contribution >= 0.6 is 0 Å². The van der Waals surface area contributed by atoms with Gasteiger partial charge < -0.3 is 5.32 Å². The highest BCUT2D eigenvalue weighted by molar-refractivity contribution is 5.40. The zero-order chi connectivity index (χ0) is 13.1. The average molecular weight is 255 g/mol. The smallest absolute Gasteiger partial charge is 0.123 e. The van der Waals surface area contributed by atoms with Crippen LogP contribution in [-0.4, -0.2) is 13.1 Å². The van der Waals surface area contributed by atoms with Crippen molar-refractivity contribution in [2.75, 3.05) is 13.1 Å². The normalized spacial score (nSPS) is 18.2. The monoisotopic (exact) mass is 255 g/mol. The highest BCUT2D eigenvalue weighted by Gasteiger charge is 2.35. The molecule has 0 aliphatic carbocycles. The molecule has 0 spiro atoms. The Bertz CT molecular complexity index is 527. The fraction of sp³-hybridized carbons (Fsp3) is 0.294. The first-order chi connectivity index (χ1) is 9.31. The van der Waals surface area contributed by atoms with Crippen molar-refractivity contribution in [1.82, 2.24) is 5.32 Å². The maximum absolute atomic E-state index is 13.2. The van der Waals surface area contributed by atoms with Crippen LogP contribution in [0.2, 0.25) is 0 Å². The maximum Gasteiger partial charge on any atom is 0.123 e. The summed E-state index contributed by atoms with van der Waals surface area (Å²) in [5.74, 6) is -0.166. The van der Waals surface area contributed by atoms with E-state index in [1.165, 1.54) is 11.1 Å². The van der Waals surface area contributed by atoms with Gasteiger partial charge in [0.15, 0.2) is 0 Å². The minimum Gasteiger partial charge on any atom is -0.317 e. The quantitative estimate of drug-likeness (QED) is 0.866. The summed E-state index contributed by atoms with van der Waals surface area (Å²) in [6, 6.07) is 17.6. The summed E-state index contributed by atoms with van der Waals surface area (Å²) in [7, 11) is 0. The Morgan fingerprint density at radius 1 is 0.789 bits per heavy atom. The molecule has 0 atom stereocenters. The van der Waals surface area contributed by atoms with Gasteiger partial charge in [0, 0.05) is 5.41 Å². The van der Waals surface area contributed by atoms with Gasteiger partial charge in [-0.3, -0.25) is 0 Å². The third kappa shape index (κ3) is 2.28. The Balaban J connectivity index is 2.09. The van der Waals surface area contributed by atoms with Crippen molar-refractivity contribution in [3.63, 3.8) is 0 Å². The molecule has 0 radical (unpaired) electrons. The van der Waals surface area contributed by atoms with Crippen molar-refractivity contribution in [2.24, 2.45) is 0 Å².